The summed E-state index contributed by atoms with van der Waals surface area (Å²) in [6.07, 6.45) is 0.633. The Morgan fingerprint density at radius 1 is 1.21 bits per heavy atom. The second kappa shape index (κ2) is 6.07. The van der Waals surface area contributed by atoms with Crippen molar-refractivity contribution < 1.29 is 17.6 Å². The molecule has 0 bridgehead atoms. The number of hydrogen-bond acceptors (Lipinski definition) is 3. The highest BCUT2D eigenvalue weighted by Crippen LogP contribution is 2.27. The zero-order chi connectivity index (χ0) is 17.5. The van der Waals surface area contributed by atoms with Gasteiger partial charge < -0.3 is 4.90 Å². The molecule has 1 amide bonds. The van der Waals surface area contributed by atoms with Crippen molar-refractivity contribution in [3.05, 3.63) is 58.4 Å². The molecule has 0 radical (unpaired) electrons. The quantitative estimate of drug-likeness (QED) is 0.905. The van der Waals surface area contributed by atoms with Gasteiger partial charge in [0.15, 0.2) is 0 Å². The first-order valence-electron chi connectivity index (χ1n) is 7.14. The summed E-state index contributed by atoms with van der Waals surface area (Å²) < 4.78 is 40.5. The first kappa shape index (κ1) is 16.7. The molecule has 8 heteroatoms. The van der Waals surface area contributed by atoms with Crippen LogP contribution in [0.1, 0.15) is 15.9 Å². The molecular weight excluding hydrogens is 355 g/mol. The fourth-order valence-corrected chi connectivity index (χ4v) is 4.12. The molecule has 0 saturated heterocycles. The largest absolute Gasteiger partial charge is 0.341 e. The Morgan fingerprint density at radius 3 is 2.71 bits per heavy atom. The number of nitrogens with one attached hydrogen (secondary N) is 1. The van der Waals surface area contributed by atoms with Gasteiger partial charge in [-0.2, -0.15) is 0 Å². The molecule has 1 heterocycles. The van der Waals surface area contributed by atoms with Gasteiger partial charge in [0.2, 0.25) is 0 Å². The SMILES string of the molecule is CN1CCc2cc(NS(=O)(=O)c3cc(F)ccc3Cl)ccc2C1=O. The lowest BCUT2D eigenvalue weighted by Gasteiger charge is -2.25. The highest BCUT2D eigenvalue weighted by Gasteiger charge is 2.23. The Hall–Kier alpha value is -2.12. The maximum Gasteiger partial charge on any atom is 0.263 e. The topological polar surface area (TPSA) is 66.5 Å². The van der Waals surface area contributed by atoms with Gasteiger partial charge in [-0.15, -0.1) is 0 Å². The van der Waals surface area contributed by atoms with Gasteiger partial charge in [0.25, 0.3) is 15.9 Å². The zero-order valence-corrected chi connectivity index (χ0v) is 14.3. The zero-order valence-electron chi connectivity index (χ0n) is 12.7. The van der Waals surface area contributed by atoms with E-state index >= 15 is 0 Å². The minimum Gasteiger partial charge on any atom is -0.341 e. The van der Waals surface area contributed by atoms with Gasteiger partial charge in [-0.1, -0.05) is 11.6 Å². The van der Waals surface area contributed by atoms with Crippen molar-refractivity contribution in [2.75, 3.05) is 18.3 Å². The molecule has 0 saturated carbocycles. The average molecular weight is 369 g/mol. The van der Waals surface area contributed by atoms with E-state index in [-0.39, 0.29) is 15.8 Å². The maximum absolute atomic E-state index is 13.3. The number of likely N-dealkylation sites (N-methyl/N-ethyl adjacent to an activating group) is 1. The van der Waals surface area contributed by atoms with Gasteiger partial charge in [0, 0.05) is 24.8 Å². The minimum atomic E-state index is -4.03. The van der Waals surface area contributed by atoms with E-state index in [1.54, 1.807) is 24.1 Å². The van der Waals surface area contributed by atoms with E-state index in [1.807, 2.05) is 0 Å². The highest BCUT2D eigenvalue weighted by molar-refractivity contribution is 7.92. The first-order valence-corrected chi connectivity index (χ1v) is 9.00. The van der Waals surface area contributed by atoms with Gasteiger partial charge in [-0.25, -0.2) is 12.8 Å². The number of carbonyl (C=O) groups is 1. The van der Waals surface area contributed by atoms with Crippen molar-refractivity contribution in [2.24, 2.45) is 0 Å². The number of rotatable bonds is 3. The monoisotopic (exact) mass is 368 g/mol. The molecule has 0 fully saturated rings. The normalized spacial score (nSPS) is 14.5. The van der Waals surface area contributed by atoms with Crippen LogP contribution in [0.15, 0.2) is 41.3 Å². The standard InChI is InChI=1S/C16H14ClFN2O3S/c1-20-7-6-10-8-12(3-4-13(10)16(20)21)19-24(22,23)15-9-11(18)2-5-14(15)17/h2-5,8-9,19H,6-7H2,1H3. The Balaban J connectivity index is 1.94. The van der Waals surface area contributed by atoms with Crippen LogP contribution in [0.3, 0.4) is 0 Å². The summed E-state index contributed by atoms with van der Waals surface area (Å²) in [6.45, 7) is 0.567. The molecule has 24 heavy (non-hydrogen) atoms. The Labute approximate surface area is 144 Å². The molecule has 3 rings (SSSR count). The number of anilines is 1. The number of carbonyl (C=O) groups excluding carboxylic acids is 1. The summed E-state index contributed by atoms with van der Waals surface area (Å²) in [6, 6.07) is 7.83. The summed E-state index contributed by atoms with van der Waals surface area (Å²) in [5, 5.41) is -0.0707. The Bertz CT molecular complexity index is 931. The molecule has 0 spiro atoms. The number of benzene rings is 2. The van der Waals surface area contributed by atoms with E-state index in [0.29, 0.717) is 24.2 Å². The lowest BCUT2D eigenvalue weighted by Crippen LogP contribution is -2.34. The van der Waals surface area contributed by atoms with E-state index in [0.717, 1.165) is 17.7 Å². The molecule has 1 aliphatic heterocycles. The van der Waals surface area contributed by atoms with Gasteiger partial charge in [0.1, 0.15) is 10.7 Å². The van der Waals surface area contributed by atoms with Crippen molar-refractivity contribution in [1.82, 2.24) is 4.90 Å². The number of nitrogens with zero attached hydrogens (tertiary/aromatic N) is 1. The van der Waals surface area contributed by atoms with Crippen LogP contribution in [0.4, 0.5) is 10.1 Å². The highest BCUT2D eigenvalue weighted by atomic mass is 35.5. The van der Waals surface area contributed by atoms with E-state index in [1.165, 1.54) is 12.1 Å². The van der Waals surface area contributed by atoms with Gasteiger partial charge in [-0.05, 0) is 48.4 Å². The summed E-state index contributed by atoms with van der Waals surface area (Å²) in [7, 11) is -2.32. The molecule has 0 unspecified atom stereocenters. The molecule has 5 nitrogen and oxygen atoms in total. The Kier molecular flexibility index (Phi) is 4.23. The summed E-state index contributed by atoms with van der Waals surface area (Å²) in [5.41, 5.74) is 1.62. The van der Waals surface area contributed by atoms with E-state index in [9.17, 15) is 17.6 Å². The smallest absolute Gasteiger partial charge is 0.263 e. The third kappa shape index (κ3) is 3.09. The van der Waals surface area contributed by atoms with Crippen LogP contribution in [0.2, 0.25) is 5.02 Å². The predicted molar refractivity (Wildman–Crippen MR) is 89.3 cm³/mol. The molecule has 0 atom stereocenters. The average Bonchev–Trinajstić information content (AvgIpc) is 2.53. The van der Waals surface area contributed by atoms with E-state index < -0.39 is 15.8 Å². The molecule has 0 aliphatic carbocycles. The van der Waals surface area contributed by atoms with Crippen LogP contribution in [0, 0.1) is 5.82 Å². The first-order chi connectivity index (χ1) is 11.3. The van der Waals surface area contributed by atoms with Crippen LogP contribution in [-0.4, -0.2) is 32.8 Å². The molecule has 2 aromatic rings. The Morgan fingerprint density at radius 2 is 1.96 bits per heavy atom. The van der Waals surface area contributed by atoms with Crippen LogP contribution in [-0.2, 0) is 16.4 Å². The third-order valence-electron chi connectivity index (χ3n) is 3.83. The van der Waals surface area contributed by atoms with Gasteiger partial charge in [0.05, 0.1) is 5.02 Å². The van der Waals surface area contributed by atoms with Crippen LogP contribution in [0.5, 0.6) is 0 Å². The molecule has 1 aliphatic rings. The lowest BCUT2D eigenvalue weighted by molar-refractivity contribution is 0.0781. The van der Waals surface area contributed by atoms with Crippen LogP contribution < -0.4 is 4.72 Å². The summed E-state index contributed by atoms with van der Waals surface area (Å²) >= 11 is 5.86. The molecule has 2 aromatic carbocycles. The second-order valence-corrected chi connectivity index (χ2v) is 7.59. The number of halogens is 2. The minimum absolute atomic E-state index is 0.0707. The number of sulfonamides is 1. The predicted octanol–water partition coefficient (Wildman–Crippen LogP) is 2.91. The fraction of sp³-hybridized carbons (Fsp3) is 0.188. The second-order valence-electron chi connectivity index (χ2n) is 5.53. The fourth-order valence-electron chi connectivity index (χ4n) is 2.56. The van der Waals surface area contributed by atoms with Crippen molar-refractivity contribution in [3.63, 3.8) is 0 Å². The van der Waals surface area contributed by atoms with Gasteiger partial charge in [-0.3, -0.25) is 9.52 Å². The number of amides is 1. The third-order valence-corrected chi connectivity index (χ3v) is 5.70. The van der Waals surface area contributed by atoms with Crippen molar-refractivity contribution >= 4 is 33.2 Å². The summed E-state index contributed by atoms with van der Waals surface area (Å²) in [4.78, 5) is 13.3. The van der Waals surface area contributed by atoms with E-state index in [4.69, 9.17) is 11.6 Å². The van der Waals surface area contributed by atoms with Crippen molar-refractivity contribution in [3.8, 4) is 0 Å². The summed E-state index contributed by atoms with van der Waals surface area (Å²) in [5.74, 6) is -0.794. The van der Waals surface area contributed by atoms with Crippen LogP contribution in [0.25, 0.3) is 0 Å². The number of hydrogen-bond donors (Lipinski definition) is 1. The van der Waals surface area contributed by atoms with Gasteiger partial charge >= 0.3 is 0 Å². The van der Waals surface area contributed by atoms with Crippen molar-refractivity contribution in [1.29, 1.82) is 0 Å². The lowest BCUT2D eigenvalue weighted by atomic mass is 9.99. The van der Waals surface area contributed by atoms with Crippen LogP contribution >= 0.6 is 11.6 Å². The number of fused-ring (bicyclic) bond motifs is 1. The molecule has 1 N–H and O–H groups in total. The van der Waals surface area contributed by atoms with E-state index in [2.05, 4.69) is 4.72 Å². The van der Waals surface area contributed by atoms with Crippen molar-refractivity contribution in [2.45, 2.75) is 11.3 Å². The maximum atomic E-state index is 13.3. The molecular formula is C16H14ClFN2O3S. The molecule has 126 valence electrons. The molecule has 0 aromatic heterocycles.